The molecule has 1 aliphatic rings. The third-order valence-corrected chi connectivity index (χ3v) is 4.62. The molecule has 0 radical (unpaired) electrons. The number of hydrogen-bond donors (Lipinski definition) is 2. The van der Waals surface area contributed by atoms with E-state index in [2.05, 4.69) is 5.32 Å². The van der Waals surface area contributed by atoms with Gasteiger partial charge < -0.3 is 15.8 Å². The van der Waals surface area contributed by atoms with Crippen LogP contribution in [-0.2, 0) is 9.53 Å². The molecule has 1 aromatic rings. The van der Waals surface area contributed by atoms with E-state index in [4.69, 9.17) is 10.5 Å². The van der Waals surface area contributed by atoms with Gasteiger partial charge in [0.05, 0.1) is 18.5 Å². The van der Waals surface area contributed by atoms with Crippen molar-refractivity contribution in [2.45, 2.75) is 42.7 Å². The molecule has 2 rings (SSSR count). The number of carbonyl (C=O) groups is 1. The smallest absolute Gasteiger partial charge is 0.230 e. The molecule has 0 bridgehead atoms. The van der Waals surface area contributed by atoms with Gasteiger partial charge in [0.15, 0.2) is 0 Å². The first-order valence-electron chi connectivity index (χ1n) is 7.56. The minimum Gasteiger partial charge on any atom is -0.376 e. The molecule has 0 aliphatic heterocycles. The van der Waals surface area contributed by atoms with E-state index in [1.165, 1.54) is 0 Å². The van der Waals surface area contributed by atoms with Gasteiger partial charge in [0.1, 0.15) is 0 Å². The summed E-state index contributed by atoms with van der Waals surface area (Å²) >= 11 is 1.55. The van der Waals surface area contributed by atoms with Crippen molar-refractivity contribution >= 4 is 17.7 Å². The van der Waals surface area contributed by atoms with Crippen LogP contribution in [0.3, 0.4) is 0 Å². The summed E-state index contributed by atoms with van der Waals surface area (Å²) in [4.78, 5) is 12.8. The van der Waals surface area contributed by atoms with E-state index in [9.17, 15) is 4.79 Å². The van der Waals surface area contributed by atoms with Gasteiger partial charge in [-0.05, 0) is 37.8 Å². The molecule has 1 aliphatic carbocycles. The fourth-order valence-electron chi connectivity index (χ4n) is 2.39. The number of rotatable bonds is 7. The Morgan fingerprint density at radius 2 is 1.95 bits per heavy atom. The summed E-state index contributed by atoms with van der Waals surface area (Å²) in [5.74, 6) is 0.501. The van der Waals surface area contributed by atoms with Crippen LogP contribution >= 0.6 is 11.8 Å². The van der Waals surface area contributed by atoms with E-state index in [0.29, 0.717) is 31.1 Å². The Morgan fingerprint density at radius 1 is 1.24 bits per heavy atom. The van der Waals surface area contributed by atoms with Crippen LogP contribution in [0.15, 0.2) is 35.2 Å². The largest absolute Gasteiger partial charge is 0.376 e. The summed E-state index contributed by atoms with van der Waals surface area (Å²) in [6.45, 7) is 1.17. The molecule has 0 saturated heterocycles. The second-order valence-corrected chi connectivity index (χ2v) is 6.41. The highest BCUT2D eigenvalue weighted by atomic mass is 32.2. The lowest BCUT2D eigenvalue weighted by molar-refractivity contribution is -0.118. The number of amides is 1. The summed E-state index contributed by atoms with van der Waals surface area (Å²) in [5, 5.41) is 2.89. The van der Waals surface area contributed by atoms with Crippen LogP contribution in [0, 0.1) is 0 Å². The Kier molecular flexibility index (Phi) is 7.06. The van der Waals surface area contributed by atoms with Crippen LogP contribution in [-0.4, -0.2) is 37.0 Å². The van der Waals surface area contributed by atoms with Crippen LogP contribution in [0.1, 0.15) is 25.7 Å². The molecular weight excluding hydrogens is 284 g/mol. The molecule has 0 atom stereocenters. The molecule has 3 N–H and O–H groups in total. The molecule has 0 spiro atoms. The topological polar surface area (TPSA) is 64.3 Å². The number of ether oxygens (including phenoxy) is 1. The first-order valence-corrected chi connectivity index (χ1v) is 8.54. The lowest BCUT2D eigenvalue weighted by Gasteiger charge is -2.26. The average Bonchev–Trinajstić information content (AvgIpc) is 2.52. The first kappa shape index (κ1) is 16.3. The van der Waals surface area contributed by atoms with Crippen LogP contribution < -0.4 is 11.1 Å². The molecule has 5 heteroatoms. The maximum Gasteiger partial charge on any atom is 0.230 e. The molecule has 1 aromatic carbocycles. The maximum absolute atomic E-state index is 11.7. The number of thioether (sulfide) groups is 1. The van der Waals surface area contributed by atoms with Crippen LogP contribution in [0.25, 0.3) is 0 Å². The van der Waals surface area contributed by atoms with Gasteiger partial charge in [0.25, 0.3) is 0 Å². The van der Waals surface area contributed by atoms with Gasteiger partial charge in [-0.15, -0.1) is 11.8 Å². The van der Waals surface area contributed by atoms with Crippen molar-refractivity contribution in [3.8, 4) is 0 Å². The van der Waals surface area contributed by atoms with E-state index in [0.717, 1.165) is 30.6 Å². The predicted octanol–water partition coefficient (Wildman–Crippen LogP) is 2.18. The van der Waals surface area contributed by atoms with E-state index < -0.39 is 0 Å². The third-order valence-electron chi connectivity index (χ3n) is 3.61. The SMILES string of the molecule is NC1CCC(OCCNC(=O)CSc2ccccc2)CC1. The number of hydrogen-bond acceptors (Lipinski definition) is 4. The van der Waals surface area contributed by atoms with Gasteiger partial charge >= 0.3 is 0 Å². The van der Waals surface area contributed by atoms with Gasteiger partial charge in [-0.2, -0.15) is 0 Å². The second kappa shape index (κ2) is 9.07. The van der Waals surface area contributed by atoms with E-state index >= 15 is 0 Å². The van der Waals surface area contributed by atoms with Crippen molar-refractivity contribution in [2.75, 3.05) is 18.9 Å². The highest BCUT2D eigenvalue weighted by molar-refractivity contribution is 8.00. The minimum absolute atomic E-state index is 0.0538. The van der Waals surface area contributed by atoms with Crippen molar-refractivity contribution in [1.29, 1.82) is 0 Å². The zero-order valence-corrected chi connectivity index (χ0v) is 13.1. The summed E-state index contributed by atoms with van der Waals surface area (Å²) in [5.41, 5.74) is 5.86. The zero-order chi connectivity index (χ0) is 14.9. The van der Waals surface area contributed by atoms with Gasteiger partial charge in [-0.25, -0.2) is 0 Å². The molecule has 0 unspecified atom stereocenters. The van der Waals surface area contributed by atoms with Gasteiger partial charge in [0, 0.05) is 17.5 Å². The van der Waals surface area contributed by atoms with Crippen molar-refractivity contribution in [3.05, 3.63) is 30.3 Å². The molecule has 0 heterocycles. The highest BCUT2D eigenvalue weighted by Crippen LogP contribution is 2.19. The highest BCUT2D eigenvalue weighted by Gasteiger charge is 2.18. The predicted molar refractivity (Wildman–Crippen MR) is 86.4 cm³/mol. The normalized spacial score (nSPS) is 22.0. The van der Waals surface area contributed by atoms with E-state index in [1.54, 1.807) is 11.8 Å². The molecular formula is C16H24N2O2S. The molecule has 0 aromatic heterocycles. The fourth-order valence-corrected chi connectivity index (χ4v) is 3.14. The average molecular weight is 308 g/mol. The first-order chi connectivity index (χ1) is 10.2. The van der Waals surface area contributed by atoms with Crippen molar-refractivity contribution in [2.24, 2.45) is 5.73 Å². The molecule has 4 nitrogen and oxygen atoms in total. The van der Waals surface area contributed by atoms with Gasteiger partial charge in [-0.1, -0.05) is 18.2 Å². The quantitative estimate of drug-likeness (QED) is 0.598. The molecule has 116 valence electrons. The summed E-state index contributed by atoms with van der Waals surface area (Å²) in [7, 11) is 0. The summed E-state index contributed by atoms with van der Waals surface area (Å²) < 4.78 is 5.77. The van der Waals surface area contributed by atoms with Crippen molar-refractivity contribution < 1.29 is 9.53 Å². The second-order valence-electron chi connectivity index (χ2n) is 5.36. The minimum atomic E-state index is 0.0538. The maximum atomic E-state index is 11.7. The summed E-state index contributed by atoms with van der Waals surface area (Å²) in [6, 6.07) is 10.3. The van der Waals surface area contributed by atoms with Crippen LogP contribution in [0.5, 0.6) is 0 Å². The Labute approximate surface area is 130 Å². The molecule has 21 heavy (non-hydrogen) atoms. The molecule has 1 amide bonds. The Bertz CT molecular complexity index is 420. The number of nitrogens with one attached hydrogen (secondary N) is 1. The third kappa shape index (κ3) is 6.50. The number of benzene rings is 1. The zero-order valence-electron chi connectivity index (χ0n) is 12.3. The summed E-state index contributed by atoms with van der Waals surface area (Å²) in [6.07, 6.45) is 4.49. The van der Waals surface area contributed by atoms with E-state index in [-0.39, 0.29) is 5.91 Å². The van der Waals surface area contributed by atoms with Crippen molar-refractivity contribution in [3.63, 3.8) is 0 Å². The Morgan fingerprint density at radius 3 is 2.67 bits per heavy atom. The fraction of sp³-hybridized carbons (Fsp3) is 0.562. The molecule has 1 fully saturated rings. The Hall–Kier alpha value is -1.04. The van der Waals surface area contributed by atoms with Crippen LogP contribution in [0.2, 0.25) is 0 Å². The number of nitrogens with two attached hydrogens (primary N) is 1. The van der Waals surface area contributed by atoms with Gasteiger partial charge in [0.2, 0.25) is 5.91 Å². The number of carbonyl (C=O) groups excluding carboxylic acids is 1. The standard InChI is InChI=1S/C16H24N2O2S/c17-13-6-8-14(9-7-13)20-11-10-18-16(19)12-21-15-4-2-1-3-5-15/h1-5,13-14H,6-12,17H2,(H,18,19). The monoisotopic (exact) mass is 308 g/mol. The lowest BCUT2D eigenvalue weighted by atomic mass is 9.94. The lowest BCUT2D eigenvalue weighted by Crippen LogP contribution is -2.33. The van der Waals surface area contributed by atoms with Crippen molar-refractivity contribution in [1.82, 2.24) is 5.32 Å². The molecule has 1 saturated carbocycles. The van der Waals surface area contributed by atoms with Gasteiger partial charge in [-0.3, -0.25) is 4.79 Å². The van der Waals surface area contributed by atoms with Crippen LogP contribution in [0.4, 0.5) is 0 Å². The van der Waals surface area contributed by atoms with E-state index in [1.807, 2.05) is 30.3 Å². The Balaban J connectivity index is 1.51.